The van der Waals surface area contributed by atoms with Gasteiger partial charge < -0.3 is 5.11 Å². The molecular weight excluding hydrogens is 222 g/mol. The van der Waals surface area contributed by atoms with Crippen LogP contribution in [0.15, 0.2) is 36.7 Å². The molecule has 0 aliphatic heterocycles. The molecule has 94 valence electrons. The lowest BCUT2D eigenvalue weighted by atomic mass is 9.71. The largest absolute Gasteiger partial charge is 0.385 e. The summed E-state index contributed by atoms with van der Waals surface area (Å²) >= 11 is 0. The maximum absolute atomic E-state index is 11.1. The Bertz CT molecular complexity index is 561. The van der Waals surface area contributed by atoms with Crippen molar-refractivity contribution in [3.63, 3.8) is 0 Å². The molecule has 2 unspecified atom stereocenters. The maximum atomic E-state index is 11.1. The van der Waals surface area contributed by atoms with E-state index in [1.54, 1.807) is 0 Å². The highest BCUT2D eigenvalue weighted by Crippen LogP contribution is 2.43. The van der Waals surface area contributed by atoms with Crippen LogP contribution in [0, 0.1) is 5.92 Å². The second kappa shape index (κ2) is 4.36. The molecule has 1 N–H and O–H groups in total. The highest BCUT2D eigenvalue weighted by Gasteiger charge is 2.38. The third-order valence-electron chi connectivity index (χ3n) is 4.41. The molecule has 1 aliphatic rings. The molecule has 2 atom stereocenters. The highest BCUT2D eigenvalue weighted by atomic mass is 16.3. The number of rotatable bonds is 1. The van der Waals surface area contributed by atoms with Crippen LogP contribution in [0.5, 0.6) is 0 Å². The zero-order valence-electron chi connectivity index (χ0n) is 10.8. The van der Waals surface area contributed by atoms with Gasteiger partial charge in [0.25, 0.3) is 0 Å². The van der Waals surface area contributed by atoms with Gasteiger partial charge in [0.2, 0.25) is 0 Å². The SMILES string of the molecule is CC1CCCCC1(O)c1cccc2cnccc12. The Morgan fingerprint density at radius 2 is 2.17 bits per heavy atom. The van der Waals surface area contributed by atoms with Gasteiger partial charge in [0, 0.05) is 17.8 Å². The summed E-state index contributed by atoms with van der Waals surface area (Å²) in [5.74, 6) is 0.324. The van der Waals surface area contributed by atoms with E-state index in [0.29, 0.717) is 5.92 Å². The van der Waals surface area contributed by atoms with Gasteiger partial charge in [-0.15, -0.1) is 0 Å². The first-order chi connectivity index (χ1) is 8.72. The van der Waals surface area contributed by atoms with E-state index in [2.05, 4.69) is 24.0 Å². The van der Waals surface area contributed by atoms with E-state index in [1.165, 1.54) is 6.42 Å². The lowest BCUT2D eigenvalue weighted by molar-refractivity contribution is -0.0456. The van der Waals surface area contributed by atoms with Crippen LogP contribution in [0.4, 0.5) is 0 Å². The van der Waals surface area contributed by atoms with Crippen molar-refractivity contribution in [2.24, 2.45) is 5.92 Å². The normalized spacial score (nSPS) is 28.4. The summed E-state index contributed by atoms with van der Waals surface area (Å²) in [7, 11) is 0. The Morgan fingerprint density at radius 1 is 1.28 bits per heavy atom. The van der Waals surface area contributed by atoms with E-state index >= 15 is 0 Å². The first-order valence-electron chi connectivity index (χ1n) is 6.77. The van der Waals surface area contributed by atoms with Gasteiger partial charge in [-0.05, 0) is 35.8 Å². The van der Waals surface area contributed by atoms with Gasteiger partial charge in [-0.25, -0.2) is 0 Å². The quantitative estimate of drug-likeness (QED) is 0.827. The van der Waals surface area contributed by atoms with E-state index in [-0.39, 0.29) is 0 Å². The van der Waals surface area contributed by atoms with Gasteiger partial charge in [0.1, 0.15) is 0 Å². The molecule has 2 heteroatoms. The predicted molar refractivity (Wildman–Crippen MR) is 73.3 cm³/mol. The molecule has 1 aromatic carbocycles. The summed E-state index contributed by atoms with van der Waals surface area (Å²) in [5.41, 5.74) is 0.411. The van der Waals surface area contributed by atoms with Gasteiger partial charge in [0.05, 0.1) is 5.60 Å². The Morgan fingerprint density at radius 3 is 3.00 bits per heavy atom. The Kier molecular flexibility index (Phi) is 2.83. The molecule has 1 saturated carbocycles. The molecule has 1 fully saturated rings. The van der Waals surface area contributed by atoms with Crippen LogP contribution in [0.2, 0.25) is 0 Å². The van der Waals surface area contributed by atoms with Crippen LogP contribution in [-0.4, -0.2) is 10.1 Å². The zero-order chi connectivity index (χ0) is 12.6. The third-order valence-corrected chi connectivity index (χ3v) is 4.41. The second-order valence-corrected chi connectivity index (χ2v) is 5.47. The number of nitrogens with zero attached hydrogens (tertiary/aromatic N) is 1. The van der Waals surface area contributed by atoms with Gasteiger partial charge >= 0.3 is 0 Å². The van der Waals surface area contributed by atoms with Gasteiger partial charge in [-0.1, -0.05) is 38.0 Å². The van der Waals surface area contributed by atoms with Crippen LogP contribution >= 0.6 is 0 Å². The summed E-state index contributed by atoms with van der Waals surface area (Å²) < 4.78 is 0. The molecule has 0 saturated heterocycles. The monoisotopic (exact) mass is 241 g/mol. The smallest absolute Gasteiger partial charge is 0.0927 e. The van der Waals surface area contributed by atoms with Crippen molar-refractivity contribution in [3.8, 4) is 0 Å². The first-order valence-corrected chi connectivity index (χ1v) is 6.77. The molecule has 1 heterocycles. The number of aliphatic hydroxyl groups is 1. The number of fused-ring (bicyclic) bond motifs is 1. The summed E-state index contributed by atoms with van der Waals surface area (Å²) in [6.45, 7) is 2.17. The van der Waals surface area contributed by atoms with Gasteiger partial charge in [0.15, 0.2) is 0 Å². The third kappa shape index (κ3) is 1.72. The minimum atomic E-state index is -0.668. The predicted octanol–water partition coefficient (Wildman–Crippen LogP) is 3.63. The lowest BCUT2D eigenvalue weighted by Crippen LogP contribution is -2.36. The van der Waals surface area contributed by atoms with Gasteiger partial charge in [-0.3, -0.25) is 4.98 Å². The number of aromatic nitrogens is 1. The number of hydrogen-bond acceptors (Lipinski definition) is 2. The molecule has 3 rings (SSSR count). The molecule has 1 aliphatic carbocycles. The van der Waals surface area contributed by atoms with Crippen molar-refractivity contribution in [3.05, 3.63) is 42.2 Å². The van der Waals surface area contributed by atoms with E-state index < -0.39 is 5.60 Å². The summed E-state index contributed by atoms with van der Waals surface area (Å²) in [6, 6.07) is 8.18. The van der Waals surface area contributed by atoms with Crippen molar-refractivity contribution in [2.45, 2.75) is 38.2 Å². The fourth-order valence-electron chi connectivity index (χ4n) is 3.23. The van der Waals surface area contributed by atoms with E-state index in [1.807, 2.05) is 24.5 Å². The van der Waals surface area contributed by atoms with E-state index in [9.17, 15) is 5.11 Å². The molecular formula is C16H19NO. The second-order valence-electron chi connectivity index (χ2n) is 5.47. The van der Waals surface area contributed by atoms with Crippen LogP contribution < -0.4 is 0 Å². The van der Waals surface area contributed by atoms with Crippen LogP contribution in [0.25, 0.3) is 10.8 Å². The minimum absolute atomic E-state index is 0.324. The highest BCUT2D eigenvalue weighted by molar-refractivity contribution is 5.85. The molecule has 0 bridgehead atoms. The molecule has 1 aromatic heterocycles. The summed E-state index contributed by atoms with van der Waals surface area (Å²) in [6.07, 6.45) is 8.00. The minimum Gasteiger partial charge on any atom is -0.385 e. The molecule has 0 radical (unpaired) electrons. The first kappa shape index (κ1) is 11.7. The average molecular weight is 241 g/mol. The number of pyridine rings is 1. The van der Waals surface area contributed by atoms with Crippen LogP contribution in [-0.2, 0) is 5.60 Å². The van der Waals surface area contributed by atoms with E-state index in [4.69, 9.17) is 0 Å². The molecule has 18 heavy (non-hydrogen) atoms. The van der Waals surface area contributed by atoms with Gasteiger partial charge in [-0.2, -0.15) is 0 Å². The Hall–Kier alpha value is -1.41. The van der Waals surface area contributed by atoms with Crippen molar-refractivity contribution in [1.82, 2.24) is 4.98 Å². The van der Waals surface area contributed by atoms with Crippen LogP contribution in [0.3, 0.4) is 0 Å². The zero-order valence-corrected chi connectivity index (χ0v) is 10.8. The summed E-state index contributed by atoms with van der Waals surface area (Å²) in [4.78, 5) is 4.16. The Labute approximate surface area is 108 Å². The average Bonchev–Trinajstić information content (AvgIpc) is 2.41. The topological polar surface area (TPSA) is 33.1 Å². The van der Waals surface area contributed by atoms with Crippen molar-refractivity contribution in [1.29, 1.82) is 0 Å². The molecule has 2 nitrogen and oxygen atoms in total. The molecule has 0 spiro atoms. The van der Waals surface area contributed by atoms with Crippen molar-refractivity contribution < 1.29 is 5.11 Å². The maximum Gasteiger partial charge on any atom is 0.0927 e. The molecule has 2 aromatic rings. The fourth-order valence-corrected chi connectivity index (χ4v) is 3.23. The Balaban J connectivity index is 2.19. The van der Waals surface area contributed by atoms with Crippen molar-refractivity contribution in [2.75, 3.05) is 0 Å². The summed E-state index contributed by atoms with van der Waals surface area (Å²) in [5, 5.41) is 13.3. The number of benzene rings is 1. The van der Waals surface area contributed by atoms with Crippen molar-refractivity contribution >= 4 is 10.8 Å². The van der Waals surface area contributed by atoms with Crippen LogP contribution in [0.1, 0.15) is 38.2 Å². The lowest BCUT2D eigenvalue weighted by Gasteiger charge is -2.39. The number of hydrogen-bond donors (Lipinski definition) is 1. The standard InChI is InChI=1S/C16H19NO/c1-12-5-2-3-9-16(12,18)15-7-4-6-13-11-17-10-8-14(13)15/h4,6-8,10-12,18H,2-3,5,9H2,1H3. The fraction of sp³-hybridized carbons (Fsp3) is 0.438. The van der Waals surface area contributed by atoms with E-state index in [0.717, 1.165) is 35.6 Å². The molecule has 0 amide bonds.